The summed E-state index contributed by atoms with van der Waals surface area (Å²) in [6, 6.07) is 4.32. The van der Waals surface area contributed by atoms with Gasteiger partial charge in [0.15, 0.2) is 0 Å². The van der Waals surface area contributed by atoms with Gasteiger partial charge in [-0.1, -0.05) is 13.8 Å². The van der Waals surface area contributed by atoms with E-state index in [4.69, 9.17) is 0 Å². The highest BCUT2D eigenvalue weighted by Gasteiger charge is 2.23. The van der Waals surface area contributed by atoms with Crippen molar-refractivity contribution >= 4 is 28.1 Å². The fourth-order valence-corrected chi connectivity index (χ4v) is 2.32. The van der Waals surface area contributed by atoms with E-state index in [1.54, 1.807) is 25.4 Å². The largest absolute Gasteiger partial charge is 0.373 e. The van der Waals surface area contributed by atoms with E-state index in [9.17, 15) is 14.9 Å². The molecule has 1 atom stereocenters. The van der Waals surface area contributed by atoms with Crippen molar-refractivity contribution in [2.45, 2.75) is 19.9 Å². The van der Waals surface area contributed by atoms with Crippen LogP contribution in [0.25, 0.3) is 10.8 Å². The molecule has 116 valence electrons. The molecule has 1 unspecified atom stereocenters. The minimum Gasteiger partial charge on any atom is -0.373 e. The molecule has 0 fully saturated rings. The minimum absolute atomic E-state index is 0.00492. The zero-order chi connectivity index (χ0) is 16.3. The molecular weight excluding hydrogens is 284 g/mol. The Morgan fingerprint density at radius 3 is 2.59 bits per heavy atom. The summed E-state index contributed by atoms with van der Waals surface area (Å²) in [7, 11) is 1.58. The van der Waals surface area contributed by atoms with Crippen molar-refractivity contribution in [2.24, 2.45) is 5.92 Å². The summed E-state index contributed by atoms with van der Waals surface area (Å²) in [5.74, 6) is -0.0670. The predicted octanol–water partition coefficient (Wildman–Crippen LogP) is 2.33. The molecule has 7 heteroatoms. The van der Waals surface area contributed by atoms with Crippen molar-refractivity contribution in [1.82, 2.24) is 10.3 Å². The van der Waals surface area contributed by atoms with Crippen LogP contribution in [0.2, 0.25) is 0 Å². The van der Waals surface area contributed by atoms with Crippen LogP contribution in [0, 0.1) is 16.0 Å². The number of amides is 1. The number of hydrogen-bond acceptors (Lipinski definition) is 5. The number of non-ortho nitro benzene ring substituents is 1. The fourth-order valence-electron chi connectivity index (χ4n) is 2.32. The Bertz CT molecular complexity index is 715. The summed E-state index contributed by atoms with van der Waals surface area (Å²) in [6.45, 7) is 3.87. The lowest BCUT2D eigenvalue weighted by molar-refractivity contribution is -0.383. The molecule has 0 bridgehead atoms. The molecule has 2 rings (SSSR count). The van der Waals surface area contributed by atoms with Crippen LogP contribution < -0.4 is 10.6 Å². The summed E-state index contributed by atoms with van der Waals surface area (Å²) in [4.78, 5) is 26.6. The van der Waals surface area contributed by atoms with Crippen LogP contribution >= 0.6 is 0 Å². The Labute approximate surface area is 127 Å². The van der Waals surface area contributed by atoms with Crippen molar-refractivity contribution in [3.63, 3.8) is 0 Å². The van der Waals surface area contributed by atoms with Gasteiger partial charge in [-0.05, 0) is 18.1 Å². The third kappa shape index (κ3) is 2.98. The third-order valence-electron chi connectivity index (χ3n) is 3.50. The molecule has 0 spiro atoms. The van der Waals surface area contributed by atoms with Crippen LogP contribution in [0.4, 0.5) is 11.4 Å². The zero-order valence-corrected chi connectivity index (χ0v) is 12.7. The first-order valence-electron chi connectivity index (χ1n) is 6.95. The van der Waals surface area contributed by atoms with Crippen molar-refractivity contribution < 1.29 is 9.72 Å². The van der Waals surface area contributed by atoms with Crippen molar-refractivity contribution in [1.29, 1.82) is 0 Å². The minimum atomic E-state index is -0.438. The number of benzene rings is 1. The van der Waals surface area contributed by atoms with Crippen LogP contribution in [-0.2, 0) is 4.79 Å². The summed E-state index contributed by atoms with van der Waals surface area (Å²) >= 11 is 0. The number of nitrogens with one attached hydrogen (secondary N) is 2. The molecule has 0 radical (unpaired) electrons. The Kier molecular flexibility index (Phi) is 4.55. The van der Waals surface area contributed by atoms with Crippen LogP contribution in [-0.4, -0.2) is 28.9 Å². The zero-order valence-electron chi connectivity index (χ0n) is 12.7. The summed E-state index contributed by atoms with van der Waals surface area (Å²) in [5.41, 5.74) is 0.667. The highest BCUT2D eigenvalue weighted by atomic mass is 16.6. The Morgan fingerprint density at radius 1 is 1.27 bits per heavy atom. The second-order valence-electron chi connectivity index (χ2n) is 5.29. The number of carbonyl (C=O) groups excluding carboxylic acids is 1. The number of fused-ring (bicyclic) bond motifs is 1. The molecule has 2 N–H and O–H groups in total. The van der Waals surface area contributed by atoms with E-state index in [-0.39, 0.29) is 17.5 Å². The lowest BCUT2D eigenvalue weighted by Gasteiger charge is -2.22. The van der Waals surface area contributed by atoms with Crippen LogP contribution in [0.5, 0.6) is 0 Å². The van der Waals surface area contributed by atoms with E-state index in [0.717, 1.165) is 0 Å². The standard InChI is InChI=1S/C15H18N4O3/c1-9(2)14(15(20)16-3)18-12-4-5-13(19(21)22)11-8-17-7-6-10(11)12/h4-9,14,18H,1-3H3,(H,16,20). The van der Waals surface area contributed by atoms with Gasteiger partial charge in [0.05, 0.1) is 10.3 Å². The highest BCUT2D eigenvalue weighted by molar-refractivity contribution is 6.00. The first-order valence-corrected chi connectivity index (χ1v) is 6.95. The van der Waals surface area contributed by atoms with Crippen molar-refractivity contribution in [2.75, 3.05) is 12.4 Å². The normalized spacial score (nSPS) is 12.2. The lowest BCUT2D eigenvalue weighted by Crippen LogP contribution is -2.41. The second-order valence-corrected chi connectivity index (χ2v) is 5.29. The molecule has 2 aromatic rings. The lowest BCUT2D eigenvalue weighted by atomic mass is 10.0. The van der Waals surface area contributed by atoms with Crippen molar-refractivity contribution in [3.05, 3.63) is 40.7 Å². The number of anilines is 1. The van der Waals surface area contributed by atoms with Gasteiger partial charge in [0.25, 0.3) is 5.69 Å². The third-order valence-corrected chi connectivity index (χ3v) is 3.50. The number of nitrogens with zero attached hydrogens (tertiary/aromatic N) is 2. The van der Waals surface area contributed by atoms with Gasteiger partial charge < -0.3 is 10.6 Å². The molecule has 1 heterocycles. The van der Waals surface area contributed by atoms with Gasteiger partial charge in [-0.3, -0.25) is 19.9 Å². The number of rotatable bonds is 5. The van der Waals surface area contributed by atoms with E-state index < -0.39 is 11.0 Å². The topological polar surface area (TPSA) is 97.2 Å². The number of pyridine rings is 1. The molecule has 1 aromatic heterocycles. The Hall–Kier alpha value is -2.70. The van der Waals surface area contributed by atoms with E-state index in [2.05, 4.69) is 15.6 Å². The van der Waals surface area contributed by atoms with E-state index >= 15 is 0 Å². The average molecular weight is 302 g/mol. The summed E-state index contributed by atoms with van der Waals surface area (Å²) in [5, 5.41) is 18.0. The van der Waals surface area contributed by atoms with Gasteiger partial charge in [-0.2, -0.15) is 0 Å². The van der Waals surface area contributed by atoms with Gasteiger partial charge in [-0.25, -0.2) is 0 Å². The Morgan fingerprint density at radius 2 is 2.00 bits per heavy atom. The Balaban J connectivity index is 2.50. The van der Waals surface area contributed by atoms with Crippen LogP contribution in [0.3, 0.4) is 0 Å². The molecule has 1 amide bonds. The number of carbonyl (C=O) groups is 1. The molecule has 0 aliphatic carbocycles. The van der Waals surface area contributed by atoms with E-state index in [1.165, 1.54) is 12.3 Å². The highest BCUT2D eigenvalue weighted by Crippen LogP contribution is 2.31. The quantitative estimate of drug-likeness (QED) is 0.652. The molecule has 7 nitrogen and oxygen atoms in total. The molecule has 0 aliphatic rings. The van der Waals surface area contributed by atoms with Gasteiger partial charge in [0.2, 0.25) is 5.91 Å². The SMILES string of the molecule is CNC(=O)C(Nc1ccc([N+](=O)[O-])c2cnccc12)C(C)C. The second kappa shape index (κ2) is 6.38. The van der Waals surface area contributed by atoms with Crippen molar-refractivity contribution in [3.8, 4) is 0 Å². The number of aromatic nitrogens is 1. The fraction of sp³-hybridized carbons (Fsp3) is 0.333. The number of nitro groups is 1. The maximum Gasteiger partial charge on any atom is 0.278 e. The van der Waals surface area contributed by atoms with Gasteiger partial charge in [0.1, 0.15) is 6.04 Å². The molecular formula is C15H18N4O3. The average Bonchev–Trinajstić information content (AvgIpc) is 2.51. The summed E-state index contributed by atoms with van der Waals surface area (Å²) in [6.07, 6.45) is 3.03. The van der Waals surface area contributed by atoms with E-state index in [1.807, 2.05) is 13.8 Å². The first-order chi connectivity index (χ1) is 10.5. The van der Waals surface area contributed by atoms with Gasteiger partial charge in [-0.15, -0.1) is 0 Å². The monoisotopic (exact) mass is 302 g/mol. The maximum absolute atomic E-state index is 12.0. The van der Waals surface area contributed by atoms with E-state index in [0.29, 0.717) is 16.5 Å². The predicted molar refractivity (Wildman–Crippen MR) is 84.7 cm³/mol. The number of nitro benzene ring substituents is 1. The van der Waals surface area contributed by atoms with Crippen LogP contribution in [0.1, 0.15) is 13.8 Å². The molecule has 1 aromatic carbocycles. The molecule has 22 heavy (non-hydrogen) atoms. The van der Waals surface area contributed by atoms with Gasteiger partial charge >= 0.3 is 0 Å². The summed E-state index contributed by atoms with van der Waals surface area (Å²) < 4.78 is 0. The first kappa shape index (κ1) is 15.7. The molecule has 0 aliphatic heterocycles. The molecule has 0 saturated heterocycles. The smallest absolute Gasteiger partial charge is 0.278 e. The van der Waals surface area contributed by atoms with Gasteiger partial charge in [0, 0.05) is 36.6 Å². The van der Waals surface area contributed by atoms with Crippen LogP contribution in [0.15, 0.2) is 30.6 Å². The number of likely N-dealkylation sites (N-methyl/N-ethyl adjacent to an activating group) is 1. The number of hydrogen-bond donors (Lipinski definition) is 2. The molecule has 0 saturated carbocycles. The maximum atomic E-state index is 12.0.